The summed E-state index contributed by atoms with van der Waals surface area (Å²) in [4.78, 5) is 19.7. The molecule has 1 saturated heterocycles. The minimum Gasteiger partial charge on any atom is -0.481 e. The molecule has 1 aromatic heterocycles. The summed E-state index contributed by atoms with van der Waals surface area (Å²) in [5.41, 5.74) is 4.17. The van der Waals surface area contributed by atoms with Crippen LogP contribution in [0.3, 0.4) is 0 Å². The zero-order chi connectivity index (χ0) is 42.2. The molecule has 5 fully saturated rings. The molecule has 7 aliphatic rings. The zero-order valence-electron chi connectivity index (χ0n) is 37.5. The normalized spacial score (nSPS) is 41.2. The summed E-state index contributed by atoms with van der Waals surface area (Å²) in [5.74, 6) is 8.65. The lowest BCUT2D eigenvalue weighted by Crippen LogP contribution is -2.68. The first kappa shape index (κ1) is 43.0. The van der Waals surface area contributed by atoms with E-state index in [9.17, 15) is 14.1 Å². The molecule has 2 heterocycles. The van der Waals surface area contributed by atoms with Gasteiger partial charge in [0.15, 0.2) is 0 Å². The van der Waals surface area contributed by atoms with Crippen LogP contribution in [0.5, 0.6) is 11.8 Å². The van der Waals surface area contributed by atoms with E-state index >= 15 is 0 Å². The summed E-state index contributed by atoms with van der Waals surface area (Å²) < 4.78 is 23.8. The van der Waals surface area contributed by atoms with E-state index in [-0.39, 0.29) is 33.8 Å². The van der Waals surface area contributed by atoms with Gasteiger partial charge in [0.25, 0.3) is 0 Å². The molecule has 59 heavy (non-hydrogen) atoms. The second-order valence-corrected chi connectivity index (χ2v) is 24.6. The monoisotopic (exact) mass is 830 g/mol. The Hall–Kier alpha value is -2.62. The lowest BCUT2D eigenvalue weighted by atomic mass is 9.33. The van der Waals surface area contributed by atoms with Gasteiger partial charge in [0.2, 0.25) is 11.8 Å². The fourth-order valence-corrected chi connectivity index (χ4v) is 16.8. The van der Waals surface area contributed by atoms with Gasteiger partial charge in [0.1, 0.15) is 12.0 Å². The van der Waals surface area contributed by atoms with Gasteiger partial charge in [-0.05, 0) is 162 Å². The number of aliphatic carboxylic acids is 1. The van der Waals surface area contributed by atoms with Crippen molar-refractivity contribution in [3.63, 3.8) is 0 Å². The predicted molar refractivity (Wildman–Crippen MR) is 240 cm³/mol. The topological polar surface area (TPSA) is 101 Å². The molecule has 0 radical (unpaired) electrons. The number of allylic oxidation sites excluding steroid dienone is 5. The SMILES string of the molecule is C=C(C)[C@@H]1CC[C@]2(NCCN3CCS(=C)(=O)CC3)CC[C@]3(C)[C@H](CC[C@@H]4[C@@]5(C)CC=C(C6=CC[C@@](COc7cccc(OC)n7)(C(=O)O)CC6)C(C)(C)[C@@H]5CC[C@]43C)[C@@H]12. The van der Waals surface area contributed by atoms with Gasteiger partial charge < -0.3 is 24.8 Å². The quantitative estimate of drug-likeness (QED) is 0.168. The molecule has 0 unspecified atom stereocenters. The Morgan fingerprint density at radius 2 is 1.69 bits per heavy atom. The smallest absolute Gasteiger partial charge is 0.313 e. The van der Waals surface area contributed by atoms with Gasteiger partial charge in [0, 0.05) is 55.4 Å². The largest absolute Gasteiger partial charge is 0.481 e. The first-order valence-corrected chi connectivity index (χ1v) is 25.1. The summed E-state index contributed by atoms with van der Waals surface area (Å²) in [5, 5.41) is 14.8. The second-order valence-electron chi connectivity index (χ2n) is 21.9. The Labute approximate surface area is 356 Å². The average molecular weight is 830 g/mol. The maximum absolute atomic E-state index is 12.8. The molecule has 9 heteroatoms. The van der Waals surface area contributed by atoms with Crippen LogP contribution in [0.2, 0.25) is 0 Å². The molecule has 0 bridgehead atoms. The van der Waals surface area contributed by atoms with Crippen molar-refractivity contribution in [2.24, 2.45) is 56.7 Å². The molecule has 10 atom stereocenters. The number of hydrogen-bond acceptors (Lipinski definition) is 7. The van der Waals surface area contributed by atoms with Crippen molar-refractivity contribution >= 4 is 21.4 Å². The number of aromatic nitrogens is 1. The first-order valence-electron chi connectivity index (χ1n) is 23.1. The van der Waals surface area contributed by atoms with E-state index in [2.05, 4.69) is 81.3 Å². The summed E-state index contributed by atoms with van der Waals surface area (Å²) >= 11 is 0. The van der Waals surface area contributed by atoms with Crippen molar-refractivity contribution in [3.05, 3.63) is 53.6 Å². The van der Waals surface area contributed by atoms with E-state index in [0.717, 1.165) is 50.5 Å². The summed E-state index contributed by atoms with van der Waals surface area (Å²) in [6, 6.07) is 5.33. The number of nitrogens with zero attached hydrogens (tertiary/aromatic N) is 2. The van der Waals surface area contributed by atoms with Crippen LogP contribution >= 0.6 is 0 Å². The fourth-order valence-electron chi connectivity index (χ4n) is 15.4. The third kappa shape index (κ3) is 7.07. The first-order chi connectivity index (χ1) is 27.8. The lowest BCUT2D eigenvalue weighted by molar-refractivity contribution is -0.221. The van der Waals surface area contributed by atoms with Crippen molar-refractivity contribution in [1.29, 1.82) is 0 Å². The molecule has 1 aliphatic heterocycles. The van der Waals surface area contributed by atoms with Gasteiger partial charge in [-0.15, -0.1) is 0 Å². The highest BCUT2D eigenvalue weighted by Crippen LogP contribution is 2.76. The third-order valence-corrected chi connectivity index (χ3v) is 20.8. The third-order valence-electron chi connectivity index (χ3n) is 18.9. The number of carbonyl (C=O) groups is 1. The molecule has 0 spiro atoms. The number of fused-ring (bicyclic) bond motifs is 7. The molecular weight excluding hydrogens is 755 g/mol. The van der Waals surface area contributed by atoms with Crippen molar-refractivity contribution in [1.82, 2.24) is 15.2 Å². The van der Waals surface area contributed by atoms with Crippen LogP contribution in [-0.4, -0.2) is 88.0 Å². The Kier molecular flexibility index (Phi) is 11.2. The van der Waals surface area contributed by atoms with Crippen LogP contribution in [-0.2, 0) is 14.3 Å². The minimum atomic E-state index is -1.88. The highest BCUT2D eigenvalue weighted by Gasteiger charge is 2.70. The second kappa shape index (κ2) is 15.3. The Balaban J connectivity index is 1.00. The van der Waals surface area contributed by atoms with E-state index in [1.165, 1.54) is 68.1 Å². The highest BCUT2D eigenvalue weighted by molar-refractivity contribution is 8.00. The minimum absolute atomic E-state index is 0.00276. The van der Waals surface area contributed by atoms with Gasteiger partial charge in [-0.3, -0.25) is 9.00 Å². The molecule has 326 valence electrons. The summed E-state index contributed by atoms with van der Waals surface area (Å²) in [7, 11) is -0.311. The number of carboxylic acids is 1. The van der Waals surface area contributed by atoms with Crippen molar-refractivity contribution in [2.45, 2.75) is 124 Å². The van der Waals surface area contributed by atoms with E-state index in [0.29, 0.717) is 54.2 Å². The summed E-state index contributed by atoms with van der Waals surface area (Å²) in [6.45, 7) is 24.0. The molecule has 8 rings (SSSR count). The van der Waals surface area contributed by atoms with Crippen LogP contribution in [0.25, 0.3) is 0 Å². The van der Waals surface area contributed by atoms with Crippen molar-refractivity contribution < 1.29 is 23.6 Å². The molecule has 6 aliphatic carbocycles. The molecule has 2 N–H and O–H groups in total. The van der Waals surface area contributed by atoms with E-state index in [1.54, 1.807) is 19.2 Å². The van der Waals surface area contributed by atoms with Gasteiger partial charge in [-0.1, -0.05) is 65.0 Å². The number of nitrogens with one attached hydrogen (secondary N) is 1. The molecule has 8 nitrogen and oxygen atoms in total. The summed E-state index contributed by atoms with van der Waals surface area (Å²) in [6.07, 6.45) is 17.9. The van der Waals surface area contributed by atoms with Crippen LogP contribution in [0.1, 0.15) is 119 Å². The predicted octanol–water partition coefficient (Wildman–Crippen LogP) is 9.22. The molecule has 4 saturated carbocycles. The van der Waals surface area contributed by atoms with Crippen LogP contribution in [0, 0.1) is 56.7 Å². The maximum Gasteiger partial charge on any atom is 0.313 e. The maximum atomic E-state index is 12.8. The molecule has 0 aromatic carbocycles. The van der Waals surface area contributed by atoms with E-state index < -0.39 is 20.9 Å². The highest BCUT2D eigenvalue weighted by atomic mass is 32.2. The Bertz CT molecular complexity index is 1980. The van der Waals surface area contributed by atoms with Gasteiger partial charge in [0.05, 0.1) is 7.11 Å². The Morgan fingerprint density at radius 3 is 2.37 bits per heavy atom. The number of methoxy groups -OCH3 is 1. The van der Waals surface area contributed by atoms with Gasteiger partial charge in [-0.25, -0.2) is 0 Å². The standard InChI is InChI=1S/C50H75N3O5S/c1-34(2)36-17-24-50(51-27-28-53-29-31-59(9,56)32-30-53)26-25-47(6)38(43(36)50)13-14-40-46(5)20-18-37(45(3,4)39(46)19-21-48(40,47)7)35-15-22-49(23-16-35,44(54)55)33-58-42-12-10-11-41(52-42)57-8/h10-12,15,18,36,38-40,43,51H,1,9,13-14,16-17,19-33H2,2-8H3,(H,54,55)/t36-,38+,39-,40+,43+,46-,47+,48+,49+,50-/m0/s1. The zero-order valence-corrected chi connectivity index (χ0v) is 38.3. The average Bonchev–Trinajstić information content (AvgIpc) is 3.58. The van der Waals surface area contributed by atoms with Gasteiger partial charge in [-0.2, -0.15) is 4.98 Å². The fraction of sp³-hybridized carbons (Fsp3) is 0.740. The molecule has 0 amide bonds. The van der Waals surface area contributed by atoms with Gasteiger partial charge >= 0.3 is 5.97 Å². The lowest BCUT2D eigenvalue weighted by Gasteiger charge is -2.72. The number of rotatable bonds is 11. The Morgan fingerprint density at radius 1 is 0.949 bits per heavy atom. The van der Waals surface area contributed by atoms with E-state index in [4.69, 9.17) is 9.47 Å². The van der Waals surface area contributed by atoms with Crippen LogP contribution < -0.4 is 14.8 Å². The number of carboxylic acid groups (broad SMARTS) is 1. The van der Waals surface area contributed by atoms with Crippen LogP contribution in [0.4, 0.5) is 0 Å². The van der Waals surface area contributed by atoms with E-state index in [1.807, 2.05) is 6.07 Å². The van der Waals surface area contributed by atoms with Crippen LogP contribution in [0.15, 0.2) is 53.6 Å². The van der Waals surface area contributed by atoms with Crippen molar-refractivity contribution in [3.8, 4) is 11.8 Å². The molecular formula is C50H75N3O5S. The number of ether oxygens (including phenoxy) is 2. The molecule has 1 aromatic rings. The number of hydrogen-bond donors (Lipinski definition) is 2. The number of pyridine rings is 1. The van der Waals surface area contributed by atoms with Crippen molar-refractivity contribution in [2.75, 3.05) is 51.4 Å².